The van der Waals surface area contributed by atoms with Crippen molar-refractivity contribution in [1.82, 2.24) is 9.36 Å². The molecule has 0 amide bonds. The van der Waals surface area contributed by atoms with Gasteiger partial charge in [0.05, 0.1) is 12.0 Å². The summed E-state index contributed by atoms with van der Waals surface area (Å²) in [5, 5.41) is 1.09. The lowest BCUT2D eigenvalue weighted by Crippen LogP contribution is -2.13. The van der Waals surface area contributed by atoms with Crippen LogP contribution < -0.4 is 9.46 Å². The number of fused-ring (bicyclic) bond motifs is 1. The van der Waals surface area contributed by atoms with E-state index in [1.807, 2.05) is 6.92 Å². The molecule has 0 aliphatic rings. The minimum absolute atomic E-state index is 0.131. The highest BCUT2D eigenvalue weighted by atomic mass is 35.5. The zero-order valence-corrected chi connectivity index (χ0v) is 14.1. The van der Waals surface area contributed by atoms with E-state index in [1.54, 1.807) is 18.2 Å². The van der Waals surface area contributed by atoms with Crippen molar-refractivity contribution in [2.24, 2.45) is 0 Å². The highest BCUT2D eigenvalue weighted by molar-refractivity contribution is 7.93. The normalized spacial score (nSPS) is 11.8. The fraction of sp³-hybridized carbons (Fsp3) is 0.154. The van der Waals surface area contributed by atoms with E-state index >= 15 is 0 Å². The van der Waals surface area contributed by atoms with Crippen LogP contribution in [0.4, 0.5) is 5.82 Å². The molecule has 3 rings (SSSR count). The zero-order valence-electron chi connectivity index (χ0n) is 11.7. The number of sulfonamides is 1. The summed E-state index contributed by atoms with van der Waals surface area (Å²) in [6, 6.07) is 4.97. The molecule has 6 nitrogen and oxygen atoms in total. The fourth-order valence-corrected chi connectivity index (χ4v) is 4.18. The molecule has 0 aliphatic heterocycles. The van der Waals surface area contributed by atoms with Crippen LogP contribution in [-0.4, -0.2) is 24.9 Å². The van der Waals surface area contributed by atoms with Gasteiger partial charge in [0, 0.05) is 22.1 Å². The second-order valence-electron chi connectivity index (χ2n) is 4.57. The highest BCUT2D eigenvalue weighted by Gasteiger charge is 2.23. The Labute approximate surface area is 136 Å². The smallest absolute Gasteiger partial charge is 0.265 e. The van der Waals surface area contributed by atoms with Crippen molar-refractivity contribution in [3.05, 3.63) is 34.3 Å². The van der Waals surface area contributed by atoms with Gasteiger partial charge in [-0.15, -0.1) is 0 Å². The van der Waals surface area contributed by atoms with Gasteiger partial charge in [0.25, 0.3) is 10.0 Å². The van der Waals surface area contributed by atoms with Gasteiger partial charge in [0.1, 0.15) is 4.90 Å². The number of nitrogens with one attached hydrogen (secondary N) is 2. The number of anilines is 1. The maximum Gasteiger partial charge on any atom is 0.265 e. The number of aromatic nitrogens is 2. The van der Waals surface area contributed by atoms with Gasteiger partial charge in [-0.3, -0.25) is 4.72 Å². The first-order chi connectivity index (χ1) is 10.4. The predicted molar refractivity (Wildman–Crippen MR) is 87.5 cm³/mol. The standard InChI is InChI=1S/C13H12ClN3O3S2/c1-7-12(20-2)13(16-21-7)17-22(18,19)11-6-15-10-5-8(14)3-4-9(10)11/h3-6,15H,1-2H3,(H,16,17). The molecule has 0 bridgehead atoms. The number of hydrogen-bond acceptors (Lipinski definition) is 5. The number of benzene rings is 1. The molecule has 1 aromatic carbocycles. The molecular weight excluding hydrogens is 346 g/mol. The van der Waals surface area contributed by atoms with Gasteiger partial charge in [-0.05, 0) is 36.7 Å². The Kier molecular flexibility index (Phi) is 3.75. The van der Waals surface area contributed by atoms with Crippen LogP contribution in [-0.2, 0) is 10.0 Å². The summed E-state index contributed by atoms with van der Waals surface area (Å²) in [6.45, 7) is 1.81. The van der Waals surface area contributed by atoms with Crippen molar-refractivity contribution in [2.75, 3.05) is 11.8 Å². The third-order valence-corrected chi connectivity index (χ3v) is 5.49. The topological polar surface area (TPSA) is 84.1 Å². The van der Waals surface area contributed by atoms with Crippen LogP contribution in [0.3, 0.4) is 0 Å². The summed E-state index contributed by atoms with van der Waals surface area (Å²) in [7, 11) is -2.31. The Hall–Kier alpha value is -1.77. The van der Waals surface area contributed by atoms with Crippen molar-refractivity contribution in [2.45, 2.75) is 11.8 Å². The minimum Gasteiger partial charge on any atom is -0.492 e. The molecule has 3 aromatic rings. The van der Waals surface area contributed by atoms with Crippen LogP contribution in [0, 0.1) is 6.92 Å². The first-order valence-electron chi connectivity index (χ1n) is 6.22. The molecular formula is C13H12ClN3O3S2. The van der Waals surface area contributed by atoms with Gasteiger partial charge in [-0.1, -0.05) is 11.6 Å². The number of aryl methyl sites for hydroxylation is 1. The van der Waals surface area contributed by atoms with Crippen molar-refractivity contribution in [1.29, 1.82) is 0 Å². The second-order valence-corrected chi connectivity index (χ2v) is 7.63. The lowest BCUT2D eigenvalue weighted by molar-refractivity contribution is 0.415. The van der Waals surface area contributed by atoms with E-state index in [9.17, 15) is 8.42 Å². The predicted octanol–water partition coefficient (Wildman–Crippen LogP) is 3.40. The Morgan fingerprint density at radius 1 is 1.41 bits per heavy atom. The van der Waals surface area contributed by atoms with Crippen LogP contribution in [0.2, 0.25) is 5.02 Å². The Morgan fingerprint density at radius 2 is 2.18 bits per heavy atom. The Morgan fingerprint density at radius 3 is 2.91 bits per heavy atom. The molecule has 0 fully saturated rings. The first-order valence-corrected chi connectivity index (χ1v) is 8.85. The van der Waals surface area contributed by atoms with E-state index in [2.05, 4.69) is 14.1 Å². The van der Waals surface area contributed by atoms with Crippen molar-refractivity contribution in [3.63, 3.8) is 0 Å². The fourth-order valence-electron chi connectivity index (χ4n) is 2.15. The summed E-state index contributed by atoms with van der Waals surface area (Å²) in [4.78, 5) is 3.83. The van der Waals surface area contributed by atoms with E-state index in [0.29, 0.717) is 21.7 Å². The van der Waals surface area contributed by atoms with Crippen molar-refractivity contribution >= 4 is 49.9 Å². The summed E-state index contributed by atoms with van der Waals surface area (Å²) in [6.07, 6.45) is 1.43. The van der Waals surface area contributed by atoms with Crippen LogP contribution in [0.25, 0.3) is 10.9 Å². The molecule has 116 valence electrons. The average molecular weight is 358 g/mol. The molecule has 2 N–H and O–H groups in total. The average Bonchev–Trinajstić information content (AvgIpc) is 3.02. The lowest BCUT2D eigenvalue weighted by Gasteiger charge is -2.06. The van der Waals surface area contributed by atoms with Crippen molar-refractivity contribution in [3.8, 4) is 5.75 Å². The number of nitrogens with zero attached hydrogens (tertiary/aromatic N) is 1. The SMILES string of the molecule is COc1c(NS(=O)(=O)c2c[nH]c3cc(Cl)ccc23)nsc1C. The summed E-state index contributed by atoms with van der Waals surface area (Å²) in [5.74, 6) is 0.616. The third-order valence-electron chi connectivity index (χ3n) is 3.14. The van der Waals surface area contributed by atoms with E-state index in [4.69, 9.17) is 16.3 Å². The molecule has 0 aliphatic carbocycles. The summed E-state index contributed by atoms with van der Waals surface area (Å²) in [5.41, 5.74) is 0.647. The van der Waals surface area contributed by atoms with E-state index in [1.165, 1.54) is 24.8 Å². The van der Waals surface area contributed by atoms with E-state index in [-0.39, 0.29) is 10.7 Å². The molecule has 9 heteroatoms. The van der Waals surface area contributed by atoms with Gasteiger partial charge in [0.2, 0.25) is 0 Å². The van der Waals surface area contributed by atoms with Gasteiger partial charge in [-0.2, -0.15) is 4.37 Å². The van der Waals surface area contributed by atoms with E-state index < -0.39 is 10.0 Å². The summed E-state index contributed by atoms with van der Waals surface area (Å²) < 4.78 is 36.9. The molecule has 2 aromatic heterocycles. The summed E-state index contributed by atoms with van der Waals surface area (Å²) >= 11 is 7.08. The van der Waals surface area contributed by atoms with Crippen LogP contribution >= 0.6 is 23.1 Å². The number of methoxy groups -OCH3 is 1. The van der Waals surface area contributed by atoms with Gasteiger partial charge < -0.3 is 9.72 Å². The molecule has 0 unspecified atom stereocenters. The molecule has 2 heterocycles. The zero-order chi connectivity index (χ0) is 15.9. The third kappa shape index (κ3) is 2.53. The monoisotopic (exact) mass is 357 g/mol. The van der Waals surface area contributed by atoms with Gasteiger partial charge >= 0.3 is 0 Å². The lowest BCUT2D eigenvalue weighted by atomic mass is 10.2. The van der Waals surface area contributed by atoms with Crippen molar-refractivity contribution < 1.29 is 13.2 Å². The maximum absolute atomic E-state index is 12.6. The number of halogens is 1. The Balaban J connectivity index is 2.05. The number of rotatable bonds is 4. The second kappa shape index (κ2) is 5.45. The van der Waals surface area contributed by atoms with Crippen LogP contribution in [0.5, 0.6) is 5.75 Å². The number of ether oxygens (including phenoxy) is 1. The molecule has 0 spiro atoms. The van der Waals surface area contributed by atoms with Crippen LogP contribution in [0.1, 0.15) is 4.88 Å². The minimum atomic E-state index is -3.79. The molecule has 0 radical (unpaired) electrons. The molecule has 0 saturated heterocycles. The Bertz CT molecular complexity index is 947. The number of aromatic amines is 1. The molecule has 0 saturated carbocycles. The quantitative estimate of drug-likeness (QED) is 0.749. The number of hydrogen-bond donors (Lipinski definition) is 2. The van der Waals surface area contributed by atoms with Gasteiger partial charge in [0.15, 0.2) is 11.6 Å². The maximum atomic E-state index is 12.6. The first kappa shape index (κ1) is 15.1. The van der Waals surface area contributed by atoms with E-state index in [0.717, 1.165) is 4.88 Å². The molecule has 0 atom stereocenters. The highest BCUT2D eigenvalue weighted by Crippen LogP contribution is 2.33. The van der Waals surface area contributed by atoms with Gasteiger partial charge in [-0.25, -0.2) is 8.42 Å². The van der Waals surface area contributed by atoms with Crippen LogP contribution in [0.15, 0.2) is 29.3 Å². The largest absolute Gasteiger partial charge is 0.492 e. The number of H-pyrrole nitrogens is 1. The molecule has 22 heavy (non-hydrogen) atoms.